The van der Waals surface area contributed by atoms with Crippen molar-refractivity contribution in [2.24, 2.45) is 0 Å². The van der Waals surface area contributed by atoms with Crippen LogP contribution in [0.25, 0.3) is 0 Å². The summed E-state index contributed by atoms with van der Waals surface area (Å²) in [6.45, 7) is 2.23. The van der Waals surface area contributed by atoms with Gasteiger partial charge in [0.05, 0.1) is 11.5 Å². The number of nitrogens with zero attached hydrogens (tertiary/aromatic N) is 2. The Kier molecular flexibility index (Phi) is 5.90. The summed E-state index contributed by atoms with van der Waals surface area (Å²) in [5, 5.41) is 21.4. The summed E-state index contributed by atoms with van der Waals surface area (Å²) in [5.41, 5.74) is 1.65. The quantitative estimate of drug-likeness (QED) is 0.456. The number of rotatable bonds is 7. The van der Waals surface area contributed by atoms with E-state index in [0.717, 1.165) is 5.56 Å². The summed E-state index contributed by atoms with van der Waals surface area (Å²) >= 11 is 6.11. The van der Waals surface area contributed by atoms with E-state index in [4.69, 9.17) is 16.1 Å². The average Bonchev–Trinajstić information content (AvgIpc) is 3.10. The molecule has 0 saturated carbocycles. The third kappa shape index (κ3) is 4.66. The van der Waals surface area contributed by atoms with Crippen LogP contribution in [0, 0.1) is 17.0 Å². The van der Waals surface area contributed by atoms with E-state index in [0.29, 0.717) is 28.7 Å². The molecule has 0 saturated heterocycles. The molecular formula is C19H17ClN4O4. The minimum atomic E-state index is -0.535. The maximum atomic E-state index is 12.3. The first kappa shape index (κ1) is 19.4. The number of benzene rings is 2. The molecule has 0 aliphatic carbocycles. The molecule has 1 heterocycles. The Morgan fingerprint density at radius 2 is 2.00 bits per heavy atom. The van der Waals surface area contributed by atoms with Crippen LogP contribution in [-0.4, -0.2) is 16.0 Å². The smallest absolute Gasteiger partial charge is 0.293 e. The fourth-order valence-corrected chi connectivity index (χ4v) is 2.78. The second-order valence-electron chi connectivity index (χ2n) is 6.05. The van der Waals surface area contributed by atoms with E-state index < -0.39 is 10.8 Å². The molecule has 9 heteroatoms. The Hall–Kier alpha value is -3.39. The second kappa shape index (κ2) is 8.53. The number of nitro benzene ring substituents is 1. The first-order valence-corrected chi connectivity index (χ1v) is 8.78. The summed E-state index contributed by atoms with van der Waals surface area (Å²) in [6.07, 6.45) is 0. The molecule has 144 valence electrons. The Bertz CT molecular complexity index is 1020. The van der Waals surface area contributed by atoms with Crippen LogP contribution in [0.1, 0.15) is 27.4 Å². The first-order valence-electron chi connectivity index (χ1n) is 8.40. The fraction of sp³-hybridized carbons (Fsp3) is 0.158. The zero-order valence-electron chi connectivity index (χ0n) is 14.9. The van der Waals surface area contributed by atoms with E-state index in [9.17, 15) is 14.9 Å². The number of aryl methyl sites for hydroxylation is 1. The zero-order chi connectivity index (χ0) is 20.1. The van der Waals surface area contributed by atoms with Crippen LogP contribution in [0.4, 0.5) is 11.4 Å². The van der Waals surface area contributed by atoms with Crippen molar-refractivity contribution < 1.29 is 14.2 Å². The van der Waals surface area contributed by atoms with Gasteiger partial charge in [-0.25, -0.2) is 0 Å². The number of aromatic nitrogens is 1. The second-order valence-corrected chi connectivity index (χ2v) is 6.45. The van der Waals surface area contributed by atoms with Gasteiger partial charge < -0.3 is 15.2 Å². The Labute approximate surface area is 165 Å². The number of carbonyl (C=O) groups is 1. The molecule has 2 N–H and O–H groups in total. The molecule has 0 spiro atoms. The molecule has 8 nitrogen and oxygen atoms in total. The predicted octanol–water partition coefficient (Wildman–Crippen LogP) is 4.09. The number of anilines is 1. The molecule has 3 rings (SSSR count). The molecule has 2 aromatic carbocycles. The number of nitrogens with one attached hydrogen (secondary N) is 2. The predicted molar refractivity (Wildman–Crippen MR) is 104 cm³/mol. The molecule has 0 aliphatic heterocycles. The highest BCUT2D eigenvalue weighted by molar-refractivity contribution is 6.31. The van der Waals surface area contributed by atoms with E-state index in [2.05, 4.69) is 15.8 Å². The van der Waals surface area contributed by atoms with Crippen molar-refractivity contribution in [1.29, 1.82) is 0 Å². The lowest BCUT2D eigenvalue weighted by Gasteiger charge is -2.10. The van der Waals surface area contributed by atoms with E-state index in [1.165, 1.54) is 18.2 Å². The van der Waals surface area contributed by atoms with Gasteiger partial charge in [0.1, 0.15) is 17.1 Å². The third-order valence-electron chi connectivity index (χ3n) is 3.99. The van der Waals surface area contributed by atoms with Crippen molar-refractivity contribution in [3.63, 3.8) is 0 Å². The number of amides is 1. The van der Waals surface area contributed by atoms with E-state index in [1.807, 2.05) is 18.2 Å². The van der Waals surface area contributed by atoms with Crippen LogP contribution < -0.4 is 10.6 Å². The van der Waals surface area contributed by atoms with Crippen molar-refractivity contribution in [3.8, 4) is 0 Å². The van der Waals surface area contributed by atoms with Gasteiger partial charge in [-0.2, -0.15) is 0 Å². The number of carbonyl (C=O) groups excluding carboxylic acids is 1. The molecular weight excluding hydrogens is 384 g/mol. The van der Waals surface area contributed by atoms with Gasteiger partial charge in [-0.15, -0.1) is 0 Å². The Morgan fingerprint density at radius 1 is 1.21 bits per heavy atom. The molecule has 0 aliphatic rings. The molecule has 0 bridgehead atoms. The van der Waals surface area contributed by atoms with Gasteiger partial charge in [0.15, 0.2) is 0 Å². The minimum absolute atomic E-state index is 0.163. The summed E-state index contributed by atoms with van der Waals surface area (Å²) in [6, 6.07) is 13.2. The SMILES string of the molecule is Cc1cc(CNC(=O)c2ccc(NCc3ccccc3Cl)c([N+](=O)[O-])c2)no1. The van der Waals surface area contributed by atoms with Crippen LogP contribution in [0.2, 0.25) is 5.02 Å². The average molecular weight is 401 g/mol. The molecule has 0 unspecified atom stereocenters. The Morgan fingerprint density at radius 3 is 2.68 bits per heavy atom. The highest BCUT2D eigenvalue weighted by Gasteiger charge is 2.18. The lowest BCUT2D eigenvalue weighted by Crippen LogP contribution is -2.23. The fourth-order valence-electron chi connectivity index (χ4n) is 2.58. The third-order valence-corrected chi connectivity index (χ3v) is 4.36. The van der Waals surface area contributed by atoms with Crippen LogP contribution in [0.15, 0.2) is 53.1 Å². The number of nitro groups is 1. The van der Waals surface area contributed by atoms with Gasteiger partial charge in [0.2, 0.25) is 0 Å². The maximum Gasteiger partial charge on any atom is 0.293 e. The summed E-state index contributed by atoms with van der Waals surface area (Å²) in [5.74, 6) is 0.190. The maximum absolute atomic E-state index is 12.3. The van der Waals surface area contributed by atoms with Crippen molar-refractivity contribution in [2.45, 2.75) is 20.0 Å². The summed E-state index contributed by atoms with van der Waals surface area (Å²) in [4.78, 5) is 23.2. The van der Waals surface area contributed by atoms with Gasteiger partial charge in [-0.1, -0.05) is 35.0 Å². The molecule has 28 heavy (non-hydrogen) atoms. The number of hydrogen-bond donors (Lipinski definition) is 2. The van der Waals surface area contributed by atoms with E-state index >= 15 is 0 Å². The van der Waals surface area contributed by atoms with Crippen molar-refractivity contribution in [1.82, 2.24) is 10.5 Å². The van der Waals surface area contributed by atoms with Gasteiger partial charge >= 0.3 is 0 Å². The lowest BCUT2D eigenvalue weighted by atomic mass is 10.1. The largest absolute Gasteiger partial charge is 0.375 e. The van der Waals surface area contributed by atoms with Crippen molar-refractivity contribution in [3.05, 3.63) is 86.2 Å². The lowest BCUT2D eigenvalue weighted by molar-refractivity contribution is -0.384. The molecule has 1 amide bonds. The van der Waals surface area contributed by atoms with Crippen LogP contribution in [0.5, 0.6) is 0 Å². The van der Waals surface area contributed by atoms with Crippen LogP contribution >= 0.6 is 11.6 Å². The monoisotopic (exact) mass is 400 g/mol. The normalized spacial score (nSPS) is 10.5. The van der Waals surface area contributed by atoms with E-state index in [1.54, 1.807) is 19.1 Å². The minimum Gasteiger partial charge on any atom is -0.375 e. The van der Waals surface area contributed by atoms with E-state index in [-0.39, 0.29) is 17.8 Å². The highest BCUT2D eigenvalue weighted by atomic mass is 35.5. The standard InChI is InChI=1S/C19H17ClN4O4/c1-12-8-15(23-28-12)11-22-19(25)13-6-7-17(18(9-13)24(26)27)21-10-14-4-2-3-5-16(14)20/h2-9,21H,10-11H2,1H3,(H,22,25). The molecule has 0 atom stereocenters. The van der Waals surface area contributed by atoms with Gasteiger partial charge in [0, 0.05) is 29.3 Å². The van der Waals surface area contributed by atoms with Crippen molar-refractivity contribution in [2.75, 3.05) is 5.32 Å². The number of hydrogen-bond acceptors (Lipinski definition) is 6. The summed E-state index contributed by atoms with van der Waals surface area (Å²) < 4.78 is 4.93. The van der Waals surface area contributed by atoms with Gasteiger partial charge in [-0.05, 0) is 30.7 Å². The van der Waals surface area contributed by atoms with Crippen LogP contribution in [0.3, 0.4) is 0 Å². The molecule has 0 radical (unpaired) electrons. The topological polar surface area (TPSA) is 110 Å². The van der Waals surface area contributed by atoms with Crippen LogP contribution in [-0.2, 0) is 13.1 Å². The highest BCUT2D eigenvalue weighted by Crippen LogP contribution is 2.27. The Balaban J connectivity index is 1.72. The first-order chi connectivity index (χ1) is 13.4. The molecule has 1 aromatic heterocycles. The van der Waals surface area contributed by atoms with Crippen molar-refractivity contribution >= 4 is 28.9 Å². The number of halogens is 1. The molecule has 0 fully saturated rings. The zero-order valence-corrected chi connectivity index (χ0v) is 15.7. The summed E-state index contributed by atoms with van der Waals surface area (Å²) in [7, 11) is 0. The molecule has 3 aromatic rings. The van der Waals surface area contributed by atoms with Gasteiger partial charge in [0.25, 0.3) is 11.6 Å². The van der Waals surface area contributed by atoms with Gasteiger partial charge in [-0.3, -0.25) is 14.9 Å².